The molecule has 0 radical (unpaired) electrons. The number of fused-ring (bicyclic) bond motifs is 1. The summed E-state index contributed by atoms with van der Waals surface area (Å²) in [6, 6.07) is 17.3. The van der Waals surface area contributed by atoms with Gasteiger partial charge in [0.15, 0.2) is 0 Å². The van der Waals surface area contributed by atoms with Gasteiger partial charge in [-0.3, -0.25) is 0 Å². The van der Waals surface area contributed by atoms with Crippen LogP contribution in [0.3, 0.4) is 0 Å². The van der Waals surface area contributed by atoms with Crippen molar-refractivity contribution < 1.29 is 4.57 Å². The van der Waals surface area contributed by atoms with Crippen molar-refractivity contribution in [1.29, 1.82) is 0 Å². The van der Waals surface area contributed by atoms with Gasteiger partial charge in [-0.05, 0) is 48.6 Å². The highest BCUT2D eigenvalue weighted by atomic mass is 32.1. The summed E-state index contributed by atoms with van der Waals surface area (Å²) in [6.45, 7) is 2.96. The summed E-state index contributed by atoms with van der Waals surface area (Å²) in [7, 11) is 0. The second-order valence-electron chi connectivity index (χ2n) is 6.32. The molecule has 2 heterocycles. The molecule has 3 aromatic rings. The summed E-state index contributed by atoms with van der Waals surface area (Å²) in [5.41, 5.74) is 3.75. The number of hydrogen-bond acceptors (Lipinski definition) is 2. The number of anilines is 1. The maximum atomic E-state index is 5.57. The average molecular weight is 345 g/mol. The van der Waals surface area contributed by atoms with E-state index in [0.717, 1.165) is 0 Å². The fraction of sp³-hybridized carbons (Fsp3) is 0.227. The van der Waals surface area contributed by atoms with Gasteiger partial charge in [0, 0.05) is 30.9 Å². The molecule has 4 rings (SSSR count). The SMILES string of the molecule is C#CC[n+]1c(/C=C/c2ccc(N3CCCC3)cc2)sc2ccccc21. The Kier molecular flexibility index (Phi) is 4.54. The number of nitrogens with zero attached hydrogens (tertiary/aromatic N) is 2. The highest BCUT2D eigenvalue weighted by Gasteiger charge is 2.17. The zero-order valence-corrected chi connectivity index (χ0v) is 15.0. The van der Waals surface area contributed by atoms with Gasteiger partial charge in [0.25, 0.3) is 5.01 Å². The molecule has 0 bridgehead atoms. The average Bonchev–Trinajstić information content (AvgIpc) is 3.30. The van der Waals surface area contributed by atoms with E-state index in [1.807, 2.05) is 0 Å². The number of benzene rings is 2. The number of hydrogen-bond donors (Lipinski definition) is 0. The molecule has 0 amide bonds. The molecule has 0 spiro atoms. The molecule has 2 aromatic carbocycles. The highest BCUT2D eigenvalue weighted by Crippen LogP contribution is 2.23. The summed E-state index contributed by atoms with van der Waals surface area (Å²) in [5, 5.41) is 1.18. The minimum atomic E-state index is 0.595. The maximum absolute atomic E-state index is 5.57. The molecule has 0 unspecified atom stereocenters. The van der Waals surface area contributed by atoms with E-state index in [-0.39, 0.29) is 0 Å². The third-order valence-corrected chi connectivity index (χ3v) is 5.80. The Hall–Kier alpha value is -2.57. The van der Waals surface area contributed by atoms with E-state index in [4.69, 9.17) is 6.42 Å². The summed E-state index contributed by atoms with van der Waals surface area (Å²) in [4.78, 5) is 2.46. The lowest BCUT2D eigenvalue weighted by molar-refractivity contribution is -0.655. The Morgan fingerprint density at radius 1 is 1.04 bits per heavy atom. The van der Waals surface area contributed by atoms with Crippen molar-refractivity contribution >= 4 is 39.4 Å². The van der Waals surface area contributed by atoms with E-state index in [1.54, 1.807) is 11.3 Å². The number of terminal acetylenes is 1. The fourth-order valence-electron chi connectivity index (χ4n) is 3.37. The van der Waals surface area contributed by atoms with Crippen molar-refractivity contribution in [2.45, 2.75) is 19.4 Å². The molecule has 0 N–H and O–H groups in total. The molecule has 25 heavy (non-hydrogen) atoms. The molecular formula is C22H21N2S+. The van der Waals surface area contributed by atoms with Crippen molar-refractivity contribution in [1.82, 2.24) is 0 Å². The highest BCUT2D eigenvalue weighted by molar-refractivity contribution is 7.18. The van der Waals surface area contributed by atoms with Gasteiger partial charge >= 0.3 is 0 Å². The van der Waals surface area contributed by atoms with Crippen LogP contribution in [0.15, 0.2) is 48.5 Å². The first-order chi connectivity index (χ1) is 12.3. The molecular weight excluding hydrogens is 324 g/mol. The molecule has 1 aliphatic heterocycles. The summed E-state index contributed by atoms with van der Waals surface area (Å²) in [5.74, 6) is 2.77. The largest absolute Gasteiger partial charge is 0.372 e. The van der Waals surface area contributed by atoms with Crippen LogP contribution in [-0.2, 0) is 6.54 Å². The second kappa shape index (κ2) is 7.13. The minimum Gasteiger partial charge on any atom is -0.372 e. The first-order valence-electron chi connectivity index (χ1n) is 8.73. The van der Waals surface area contributed by atoms with Crippen molar-refractivity contribution in [3.63, 3.8) is 0 Å². The summed E-state index contributed by atoms with van der Waals surface area (Å²) < 4.78 is 3.47. The molecule has 0 atom stereocenters. The van der Waals surface area contributed by atoms with Crippen LogP contribution in [0.5, 0.6) is 0 Å². The van der Waals surface area contributed by atoms with Gasteiger partial charge in [0.2, 0.25) is 12.1 Å². The first kappa shape index (κ1) is 15.9. The Labute approximate surface area is 153 Å². The van der Waals surface area contributed by atoms with Crippen LogP contribution in [0.25, 0.3) is 22.4 Å². The molecule has 0 aliphatic carbocycles. The third kappa shape index (κ3) is 3.31. The standard InChI is InChI=1S/C22H21N2S/c1-2-15-24-20-7-3-4-8-21(20)25-22(24)14-11-18-9-12-19(13-10-18)23-16-5-6-17-23/h1,3-4,7-14H,5-6,15-17H2/q+1. The number of aromatic nitrogens is 1. The van der Waals surface area contributed by atoms with Crippen molar-refractivity contribution in [3.8, 4) is 12.3 Å². The molecule has 1 aromatic heterocycles. The maximum Gasteiger partial charge on any atom is 0.263 e. The predicted octanol–water partition coefficient (Wildman–Crippen LogP) is 4.59. The normalized spacial score (nSPS) is 14.4. The monoisotopic (exact) mass is 345 g/mol. The number of thiazole rings is 1. The molecule has 2 nitrogen and oxygen atoms in total. The molecule has 1 aliphatic rings. The molecule has 1 saturated heterocycles. The van der Waals surface area contributed by atoms with Crippen LogP contribution in [0, 0.1) is 12.3 Å². The van der Waals surface area contributed by atoms with Gasteiger partial charge in [-0.1, -0.05) is 35.6 Å². The molecule has 124 valence electrons. The van der Waals surface area contributed by atoms with E-state index in [9.17, 15) is 0 Å². The van der Waals surface area contributed by atoms with Crippen LogP contribution >= 0.6 is 11.3 Å². The van der Waals surface area contributed by atoms with Crippen molar-refractivity contribution in [2.24, 2.45) is 0 Å². The van der Waals surface area contributed by atoms with Gasteiger partial charge in [0.1, 0.15) is 4.70 Å². The van der Waals surface area contributed by atoms with E-state index in [0.29, 0.717) is 6.54 Å². The Balaban J connectivity index is 1.60. The van der Waals surface area contributed by atoms with Crippen LogP contribution < -0.4 is 9.47 Å². The predicted molar refractivity (Wildman–Crippen MR) is 108 cm³/mol. The first-order valence-corrected chi connectivity index (χ1v) is 9.55. The topological polar surface area (TPSA) is 7.12 Å². The van der Waals surface area contributed by atoms with E-state index in [2.05, 4.69) is 76.1 Å². The van der Waals surface area contributed by atoms with Gasteiger partial charge in [-0.25, -0.2) is 0 Å². The van der Waals surface area contributed by atoms with Crippen molar-refractivity contribution in [2.75, 3.05) is 18.0 Å². The zero-order chi connectivity index (χ0) is 17.1. The molecule has 0 saturated carbocycles. The number of para-hydroxylation sites is 1. The fourth-order valence-corrected chi connectivity index (χ4v) is 4.43. The molecule has 1 fully saturated rings. The smallest absolute Gasteiger partial charge is 0.263 e. The van der Waals surface area contributed by atoms with Crippen LogP contribution in [0.2, 0.25) is 0 Å². The Morgan fingerprint density at radius 2 is 1.80 bits per heavy atom. The Morgan fingerprint density at radius 3 is 2.56 bits per heavy atom. The number of rotatable bonds is 4. The quantitative estimate of drug-likeness (QED) is 0.495. The van der Waals surface area contributed by atoms with Crippen LogP contribution in [0.4, 0.5) is 5.69 Å². The van der Waals surface area contributed by atoms with Gasteiger partial charge in [-0.15, -0.1) is 6.42 Å². The van der Waals surface area contributed by atoms with E-state index in [1.165, 1.54) is 52.4 Å². The van der Waals surface area contributed by atoms with Gasteiger partial charge in [-0.2, -0.15) is 4.57 Å². The van der Waals surface area contributed by atoms with Crippen LogP contribution in [0.1, 0.15) is 23.4 Å². The molecule has 3 heteroatoms. The minimum absolute atomic E-state index is 0.595. The van der Waals surface area contributed by atoms with Gasteiger partial charge < -0.3 is 4.90 Å². The lowest BCUT2D eigenvalue weighted by Gasteiger charge is -2.17. The van der Waals surface area contributed by atoms with Crippen LogP contribution in [-0.4, -0.2) is 13.1 Å². The van der Waals surface area contributed by atoms with E-state index >= 15 is 0 Å². The lowest BCUT2D eigenvalue weighted by atomic mass is 10.2. The van der Waals surface area contributed by atoms with Crippen molar-refractivity contribution in [3.05, 3.63) is 59.1 Å². The van der Waals surface area contributed by atoms with Gasteiger partial charge in [0.05, 0.1) is 0 Å². The lowest BCUT2D eigenvalue weighted by Crippen LogP contribution is -2.34. The summed E-state index contributed by atoms with van der Waals surface area (Å²) in [6.07, 6.45) is 12.5. The summed E-state index contributed by atoms with van der Waals surface area (Å²) >= 11 is 1.78. The second-order valence-corrected chi connectivity index (χ2v) is 7.38. The van der Waals surface area contributed by atoms with E-state index < -0.39 is 0 Å². The Bertz CT molecular complexity index is 938. The third-order valence-electron chi connectivity index (χ3n) is 4.67. The zero-order valence-electron chi connectivity index (χ0n) is 14.2.